The molecule has 0 aromatic rings. The molecule has 1 radical (unpaired) electrons. The molecule has 8 heavy (non-hydrogen) atoms. The first-order valence-corrected chi connectivity index (χ1v) is 10.0. The fraction of sp³-hybridized carbons (Fsp3) is 0.400. The van der Waals surface area contributed by atoms with E-state index in [2.05, 4.69) is 32.7 Å². The van der Waals surface area contributed by atoms with Crippen molar-refractivity contribution in [2.75, 3.05) is 0 Å². The lowest BCUT2D eigenvalue weighted by Crippen LogP contribution is -1.52. The van der Waals surface area contributed by atoms with Gasteiger partial charge in [0.1, 0.15) is 0 Å². The zero-order chi connectivity index (χ0) is 6.99. The van der Waals surface area contributed by atoms with E-state index in [1.165, 1.54) is 5.57 Å². The van der Waals surface area contributed by atoms with Crippen LogP contribution < -0.4 is 0 Å². The van der Waals surface area contributed by atoms with Crippen molar-refractivity contribution in [3.8, 4) is 0 Å². The highest BCUT2D eigenvalue weighted by molar-refractivity contribution is 9.47. The first kappa shape index (κ1) is 12.2. The molecular formula is C5H9Br2Mg. The molecule has 0 aromatic carbocycles. The molecule has 0 aliphatic heterocycles. The van der Waals surface area contributed by atoms with Gasteiger partial charge in [-0.15, -0.1) is 0 Å². The minimum atomic E-state index is 0.0417. The van der Waals surface area contributed by atoms with E-state index in [9.17, 15) is 0 Å². The maximum Gasteiger partial charge on any atom is 0.560 e. The monoisotopic (exact) mass is 251 g/mol. The van der Waals surface area contributed by atoms with Gasteiger partial charge in [-0.2, -0.15) is 0 Å². The van der Waals surface area contributed by atoms with Gasteiger partial charge >= 0.3 is 16.0 Å². The first-order chi connectivity index (χ1) is 3.68. The van der Waals surface area contributed by atoms with Crippen molar-refractivity contribution in [1.82, 2.24) is 0 Å². The van der Waals surface area contributed by atoms with Crippen LogP contribution in [0.4, 0.5) is 0 Å². The maximum atomic E-state index is 3.52. The minimum absolute atomic E-state index is 0.0417. The molecule has 0 nitrogen and oxygen atoms in total. The van der Waals surface area contributed by atoms with E-state index in [1.807, 2.05) is 19.9 Å². The van der Waals surface area contributed by atoms with Gasteiger partial charge in [0, 0.05) is 0 Å². The van der Waals surface area contributed by atoms with Gasteiger partial charge in [0.25, 0.3) is 0 Å². The lowest BCUT2D eigenvalue weighted by atomic mass is 10.3. The van der Waals surface area contributed by atoms with Gasteiger partial charge in [0.15, 0.2) is 0 Å². The second kappa shape index (κ2) is 11.3. The van der Waals surface area contributed by atoms with Crippen molar-refractivity contribution in [3.63, 3.8) is 0 Å². The van der Waals surface area contributed by atoms with Crippen LogP contribution in [0.3, 0.4) is 0 Å². The summed E-state index contributed by atoms with van der Waals surface area (Å²) in [5.41, 5.74) is 1.27. The Morgan fingerprint density at radius 2 is 1.62 bits per heavy atom. The van der Waals surface area contributed by atoms with Gasteiger partial charge < -0.3 is 0 Å². The summed E-state index contributed by atoms with van der Waals surface area (Å²) in [6.07, 6.45) is 1.83. The molecule has 45 valence electrons. The molecule has 0 N–H and O–H groups in total. The Kier molecular flexibility index (Phi) is 17.2. The van der Waals surface area contributed by atoms with Crippen LogP contribution in [0.25, 0.3) is 0 Å². The van der Waals surface area contributed by atoms with Gasteiger partial charge in [0.05, 0.1) is 0 Å². The maximum absolute atomic E-state index is 3.52. The van der Waals surface area contributed by atoms with Crippen molar-refractivity contribution in [3.05, 3.63) is 18.6 Å². The number of halogens is 2. The van der Waals surface area contributed by atoms with Gasteiger partial charge in [-0.05, 0) is 20.8 Å². The number of rotatable bonds is 0. The fourth-order valence-electron chi connectivity index (χ4n) is 0. The molecule has 0 aromatic heterocycles. The molecule has 0 atom stereocenters. The Labute approximate surface area is 73.6 Å². The molecular weight excluding hydrogens is 244 g/mol. The molecule has 0 bridgehead atoms. The molecule has 0 saturated heterocycles. The molecule has 0 amide bonds. The summed E-state index contributed by atoms with van der Waals surface area (Å²) >= 11 is 6.44. The van der Waals surface area contributed by atoms with Crippen molar-refractivity contribution >= 4 is 41.8 Å². The smallest absolute Gasteiger partial charge is 0.280 e. The van der Waals surface area contributed by atoms with Gasteiger partial charge in [-0.1, -0.05) is 11.6 Å². The summed E-state index contributed by atoms with van der Waals surface area (Å²) < 4.78 is 0. The van der Waals surface area contributed by atoms with E-state index in [0.29, 0.717) is 0 Å². The van der Waals surface area contributed by atoms with Crippen LogP contribution >= 0.6 is 25.8 Å². The molecule has 3 heteroatoms. The molecule has 0 aliphatic carbocycles. The van der Waals surface area contributed by atoms with E-state index in [1.54, 1.807) is 0 Å². The summed E-state index contributed by atoms with van der Waals surface area (Å²) in [5.74, 6) is 0. The van der Waals surface area contributed by atoms with Crippen molar-refractivity contribution < 1.29 is 0 Å². The van der Waals surface area contributed by atoms with Crippen molar-refractivity contribution in [2.45, 2.75) is 13.8 Å². The third kappa shape index (κ3) is 26.0. The third-order valence-corrected chi connectivity index (χ3v) is 0.408. The normalized spacial score (nSPS) is 5.62. The predicted octanol–water partition coefficient (Wildman–Crippen LogP) is 3.10. The summed E-state index contributed by atoms with van der Waals surface area (Å²) in [4.78, 5) is 0. The molecule has 0 spiro atoms. The summed E-state index contributed by atoms with van der Waals surface area (Å²) in [7, 11) is 0. The minimum Gasteiger partial charge on any atom is -0.280 e. The summed E-state index contributed by atoms with van der Waals surface area (Å²) in [6.45, 7) is 7.56. The van der Waals surface area contributed by atoms with Crippen LogP contribution in [0.2, 0.25) is 0 Å². The number of allylic oxidation sites excluding steroid dienone is 2. The Hall–Kier alpha value is 1.47. The summed E-state index contributed by atoms with van der Waals surface area (Å²) in [5, 5.41) is 0. The van der Waals surface area contributed by atoms with E-state index < -0.39 is 0 Å². The molecule has 0 heterocycles. The second-order valence-electron chi connectivity index (χ2n) is 1.38. The summed E-state index contributed by atoms with van der Waals surface area (Å²) in [6, 6.07) is 0. The van der Waals surface area contributed by atoms with E-state index in [4.69, 9.17) is 0 Å². The highest BCUT2D eigenvalue weighted by Gasteiger charge is 1.62. The molecule has 0 unspecified atom stereocenters. The molecule has 0 rings (SSSR count). The standard InChI is InChI=1S/C5H9.2BrH.Mg/c1-4-5(2)3;;;/h4H,1H2,2-3H3;2*1H;/q;;;+2/p-2. The lowest BCUT2D eigenvalue weighted by molar-refractivity contribution is 1.39. The Morgan fingerprint density at radius 1 is 1.50 bits per heavy atom. The van der Waals surface area contributed by atoms with Crippen LogP contribution in [0.1, 0.15) is 13.8 Å². The van der Waals surface area contributed by atoms with Crippen LogP contribution in [-0.4, -0.2) is 16.0 Å². The zero-order valence-electron chi connectivity index (χ0n) is 5.25. The van der Waals surface area contributed by atoms with E-state index >= 15 is 0 Å². The highest BCUT2D eigenvalue weighted by Crippen LogP contribution is 1.82. The fourth-order valence-corrected chi connectivity index (χ4v) is 0. The topological polar surface area (TPSA) is 0 Å². The van der Waals surface area contributed by atoms with Gasteiger partial charge in [0.2, 0.25) is 0 Å². The average Bonchev–Trinajstić information content (AvgIpc) is 1.69. The Balaban J connectivity index is 0. The van der Waals surface area contributed by atoms with Crippen LogP contribution in [-0.2, 0) is 0 Å². The lowest BCUT2D eigenvalue weighted by Gasteiger charge is -1.73. The SMILES string of the molecule is [Br][Mg][Br].[CH2]C=C(C)C. The van der Waals surface area contributed by atoms with Crippen molar-refractivity contribution in [2.24, 2.45) is 0 Å². The third-order valence-electron chi connectivity index (χ3n) is 0.408. The van der Waals surface area contributed by atoms with Crippen molar-refractivity contribution in [1.29, 1.82) is 0 Å². The highest BCUT2D eigenvalue weighted by atomic mass is 79.9. The Bertz CT molecular complexity index is 57.4. The van der Waals surface area contributed by atoms with Gasteiger partial charge in [-0.3, -0.25) is 25.8 Å². The van der Waals surface area contributed by atoms with E-state index in [-0.39, 0.29) is 16.0 Å². The zero-order valence-corrected chi connectivity index (χ0v) is 9.83. The average molecular weight is 253 g/mol. The van der Waals surface area contributed by atoms with E-state index in [0.717, 1.165) is 0 Å². The van der Waals surface area contributed by atoms with Gasteiger partial charge in [-0.25, -0.2) is 0 Å². The van der Waals surface area contributed by atoms with Crippen LogP contribution in [0.15, 0.2) is 11.6 Å². The van der Waals surface area contributed by atoms with Crippen LogP contribution in [0, 0.1) is 6.92 Å². The second-order valence-corrected chi connectivity index (χ2v) is 9.46. The van der Waals surface area contributed by atoms with Crippen LogP contribution in [0.5, 0.6) is 0 Å². The first-order valence-electron chi connectivity index (χ1n) is 2.23. The largest absolute Gasteiger partial charge is 0.560 e. The number of hydrogen-bond acceptors (Lipinski definition) is 0. The quantitative estimate of drug-likeness (QED) is 0.582. The Morgan fingerprint density at radius 3 is 1.62 bits per heavy atom. The predicted molar refractivity (Wildman–Crippen MR) is 48.4 cm³/mol. The molecule has 0 aliphatic rings. The molecule has 0 fully saturated rings. The molecule has 0 saturated carbocycles. The number of hydrogen-bond donors (Lipinski definition) is 0.